The molecule has 4 aromatic rings. The summed E-state index contributed by atoms with van der Waals surface area (Å²) in [6, 6.07) is 18.4. The summed E-state index contributed by atoms with van der Waals surface area (Å²) in [5.41, 5.74) is 21.2. The number of nitrogens with zero attached hydrogens (tertiary/aromatic N) is 1. The summed E-state index contributed by atoms with van der Waals surface area (Å²) < 4.78 is 12.9. The Morgan fingerprint density at radius 3 is 2.49 bits per heavy atom. The van der Waals surface area contributed by atoms with Crippen molar-refractivity contribution in [1.82, 2.24) is 15.6 Å². The number of nitrogens with two attached hydrogens (primary N) is 2. The van der Waals surface area contributed by atoms with E-state index < -0.39 is 12.2 Å². The van der Waals surface area contributed by atoms with E-state index in [9.17, 15) is 25.5 Å². The molecule has 0 unspecified atom stereocenters. The van der Waals surface area contributed by atoms with Crippen molar-refractivity contribution in [2.45, 2.75) is 223 Å². The molecule has 6 bridgehead atoms. The van der Waals surface area contributed by atoms with Crippen LogP contribution in [0.1, 0.15) is 218 Å². The first-order chi connectivity index (χ1) is 42.7. The van der Waals surface area contributed by atoms with Gasteiger partial charge in [-0.15, -0.1) is 0 Å². The van der Waals surface area contributed by atoms with E-state index in [0.717, 1.165) is 84.9 Å². The maximum Gasteiger partial charge on any atom is 0.189 e. The van der Waals surface area contributed by atoms with Gasteiger partial charge < -0.3 is 61.8 Å². The topological polar surface area (TPSA) is 228 Å². The quantitative estimate of drug-likeness (QED) is 0.0194. The van der Waals surface area contributed by atoms with Gasteiger partial charge in [-0.3, -0.25) is 0 Å². The number of aromatic hydroxyl groups is 2. The Labute approximate surface area is 532 Å². The minimum atomic E-state index is -0.920. The summed E-state index contributed by atoms with van der Waals surface area (Å²) in [7, 11) is 3.98. The Balaban J connectivity index is 0.615. The van der Waals surface area contributed by atoms with E-state index in [1.54, 1.807) is 12.1 Å². The molecule has 13 nitrogen and oxygen atoms in total. The lowest BCUT2D eigenvalue weighted by Gasteiger charge is -2.52. The number of aromatic nitrogens is 1. The predicted molar refractivity (Wildman–Crippen MR) is 355 cm³/mol. The van der Waals surface area contributed by atoms with Crippen LogP contribution < -0.4 is 26.8 Å². The molecule has 3 spiro atoms. The number of furan rings is 1. The number of rotatable bonds is 18. The van der Waals surface area contributed by atoms with Crippen molar-refractivity contribution in [1.29, 1.82) is 0 Å². The van der Waals surface area contributed by atoms with Gasteiger partial charge in [0.05, 0.1) is 18.8 Å². The van der Waals surface area contributed by atoms with E-state index >= 15 is 0 Å². The first kappa shape index (κ1) is 62.7. The van der Waals surface area contributed by atoms with Gasteiger partial charge in [-0.2, -0.15) is 0 Å². The van der Waals surface area contributed by atoms with E-state index in [1.807, 2.05) is 58.8 Å². The SMILES string of the molecule is C[C@H](O)CNC[C@H]1c2cc([C@@H](O)COc3cc(CCc4cc(CO)c(CC[C@@H]5CC[C@H]6[C@H]7CSSC[C@@H](N=C(N)N[C@H]8CCC9(CCCC9)[C@@H](c9cccc(O)c9)C8)[C@@H](C)CC[C@H]6[C@H](C5)C[C@H]7N)o4)ccc3O)[nH]c2[C@H]2C=C[C@@]13CCC[C@@H]3C21CCCC1. The second kappa shape index (κ2) is 26.9. The minimum absolute atomic E-state index is 0.00695. The molecule has 0 amide bonds. The lowest BCUT2D eigenvalue weighted by Crippen LogP contribution is -2.47. The number of aliphatic imine (C=N–C) groups is 1. The molecule has 1 aliphatic heterocycles. The second-order valence-corrected chi connectivity index (χ2v) is 32.4. The fourth-order valence-electron chi connectivity index (χ4n) is 20.6. The number of H-pyrrole nitrogens is 1. The lowest BCUT2D eigenvalue weighted by molar-refractivity contribution is 0.0440. The van der Waals surface area contributed by atoms with E-state index in [0.29, 0.717) is 95.5 Å². The summed E-state index contributed by atoms with van der Waals surface area (Å²) in [5, 5.41) is 61.6. The van der Waals surface area contributed by atoms with Gasteiger partial charge in [0.2, 0.25) is 0 Å². The van der Waals surface area contributed by atoms with Crippen LogP contribution in [0.25, 0.3) is 0 Å². The van der Waals surface area contributed by atoms with Gasteiger partial charge in [-0.25, -0.2) is 4.99 Å². The molecule has 480 valence electrons. The molecule has 12 N–H and O–H groups in total. The number of aliphatic hydroxyl groups excluding tert-OH is 3. The number of phenolic OH excluding ortho intramolecular Hbond substituents is 2. The van der Waals surface area contributed by atoms with Crippen LogP contribution in [0.3, 0.4) is 0 Å². The number of allylic oxidation sites excluding steroid dienone is 2. The highest BCUT2D eigenvalue weighted by molar-refractivity contribution is 8.76. The van der Waals surface area contributed by atoms with E-state index in [4.69, 9.17) is 25.6 Å². The average molecular weight is 1240 g/mol. The predicted octanol–water partition coefficient (Wildman–Crippen LogP) is 13.4. The van der Waals surface area contributed by atoms with Crippen molar-refractivity contribution in [2.75, 3.05) is 31.2 Å². The molecule has 14 rings (SSSR count). The van der Waals surface area contributed by atoms with Crippen molar-refractivity contribution in [2.24, 2.45) is 74.1 Å². The third-order valence-electron chi connectivity index (χ3n) is 24.9. The van der Waals surface area contributed by atoms with Crippen molar-refractivity contribution < 1.29 is 34.7 Å². The Morgan fingerprint density at radius 1 is 0.852 bits per heavy atom. The van der Waals surface area contributed by atoms with Crippen LogP contribution in [-0.2, 0) is 25.9 Å². The highest BCUT2D eigenvalue weighted by Gasteiger charge is 2.64. The van der Waals surface area contributed by atoms with Crippen molar-refractivity contribution in [3.05, 3.63) is 112 Å². The molecule has 88 heavy (non-hydrogen) atoms. The van der Waals surface area contributed by atoms with Crippen LogP contribution in [0, 0.1) is 57.7 Å². The molecule has 10 aliphatic rings. The highest BCUT2D eigenvalue weighted by Crippen LogP contribution is 2.72. The van der Waals surface area contributed by atoms with Crippen LogP contribution in [0.15, 0.2) is 76.2 Å². The highest BCUT2D eigenvalue weighted by atomic mass is 33.1. The standard InChI is InChI=1S/C73H104N6O7S2/c1-44-12-18-54-49-31-46(14-19-55(54)57(61(74)35-49)42-87-88-43-63(44)79-70(75)77-51-22-29-71(24-3-4-25-71)59(36-51)48-9-7-10-52(82)33-48)16-21-66-50(40-80)34-53(86-66)17-13-47-15-20-64(83)67(32-47)85-41-65(84)62-37-56-60(39-76-38-45(2)81)73-28-8-11-68(73)72(26-5-6-27-72)58(23-30-73)69(56)78-62/h7,9-10,15,20,23,30,32-34,37,44-46,49,51,54-55,57-61,63,65,68,76,78,80-84H,3-6,8,11-14,16-19,21-22,24-29,31,35-36,38-43,74H2,1-2H3,(H3,75,77,79)/t44-,45-,46-,49+,51-,54-,55+,57+,58+,59+,60-,61+,63+,65-,68+,73-/m0/s1. The van der Waals surface area contributed by atoms with Crippen molar-refractivity contribution >= 4 is 27.5 Å². The van der Waals surface area contributed by atoms with E-state index in [1.165, 1.54) is 120 Å². The smallest absolute Gasteiger partial charge is 0.189 e. The Kier molecular flexibility index (Phi) is 19.1. The number of aliphatic hydroxyl groups is 3. The maximum atomic E-state index is 11.9. The summed E-state index contributed by atoms with van der Waals surface area (Å²) in [6.45, 7) is 5.52. The molecule has 16 atom stereocenters. The van der Waals surface area contributed by atoms with Crippen LogP contribution in [0.2, 0.25) is 0 Å². The number of benzene rings is 2. The Hall–Kier alpha value is -4.09. The maximum absolute atomic E-state index is 11.9. The molecule has 1 saturated heterocycles. The number of guanidine groups is 1. The van der Waals surface area contributed by atoms with Gasteiger partial charge in [0.25, 0.3) is 0 Å². The zero-order chi connectivity index (χ0) is 60.7. The fourth-order valence-corrected chi connectivity index (χ4v) is 23.5. The fraction of sp³-hybridized carbons (Fsp3) is 0.685. The van der Waals surface area contributed by atoms with Gasteiger partial charge in [0.1, 0.15) is 30.0 Å². The van der Waals surface area contributed by atoms with Crippen molar-refractivity contribution in [3.8, 4) is 17.2 Å². The molecule has 9 aliphatic carbocycles. The normalized spacial score (nSPS) is 34.0. The monoisotopic (exact) mass is 1240 g/mol. The van der Waals surface area contributed by atoms with E-state index in [2.05, 4.69) is 46.8 Å². The molecule has 15 heteroatoms. The van der Waals surface area contributed by atoms with Gasteiger partial charge in [0, 0.05) is 78.3 Å². The summed E-state index contributed by atoms with van der Waals surface area (Å²) in [6.07, 6.45) is 31.2. The van der Waals surface area contributed by atoms with Crippen LogP contribution in [0.5, 0.6) is 17.2 Å². The third-order valence-corrected chi connectivity index (χ3v) is 27.4. The minimum Gasteiger partial charge on any atom is -0.508 e. The molecule has 2 aromatic carbocycles. The third kappa shape index (κ3) is 12.6. The summed E-state index contributed by atoms with van der Waals surface area (Å²) >= 11 is 0. The van der Waals surface area contributed by atoms with Crippen LogP contribution in [-0.4, -0.2) is 91.9 Å². The van der Waals surface area contributed by atoms with Gasteiger partial charge in [-0.05, 0) is 226 Å². The number of aryl methyl sites for hydroxylation is 3. The summed E-state index contributed by atoms with van der Waals surface area (Å²) in [4.78, 5) is 9.10. The zero-order valence-corrected chi connectivity index (χ0v) is 54.3. The van der Waals surface area contributed by atoms with Gasteiger partial charge >= 0.3 is 0 Å². The number of ether oxygens (including phenoxy) is 1. The number of nitrogens with one attached hydrogen (secondary N) is 3. The number of phenols is 2. The Bertz CT molecular complexity index is 3080. The van der Waals surface area contributed by atoms with E-state index in [-0.39, 0.29) is 53.8 Å². The number of hydrogen-bond acceptors (Lipinski definition) is 12. The van der Waals surface area contributed by atoms with Crippen LogP contribution in [0.4, 0.5) is 0 Å². The van der Waals surface area contributed by atoms with Crippen molar-refractivity contribution in [3.63, 3.8) is 0 Å². The molecule has 6 saturated carbocycles. The second-order valence-electron chi connectivity index (χ2n) is 29.8. The number of hydrogen-bond donors (Lipinski definition) is 10. The molecule has 3 heterocycles. The first-order valence-electron chi connectivity index (χ1n) is 34.7. The molecular formula is C73H104N6O7S2. The largest absolute Gasteiger partial charge is 0.508 e. The first-order valence-corrected chi connectivity index (χ1v) is 37.2. The molecule has 0 radical (unpaired) electrons. The van der Waals surface area contributed by atoms with Gasteiger partial charge in [-0.1, -0.05) is 97.4 Å². The molecule has 7 fully saturated rings. The Morgan fingerprint density at radius 2 is 1.67 bits per heavy atom. The lowest BCUT2D eigenvalue weighted by atomic mass is 9.52. The zero-order valence-electron chi connectivity index (χ0n) is 52.7. The van der Waals surface area contributed by atoms with Gasteiger partial charge in [0.15, 0.2) is 17.5 Å². The van der Waals surface area contributed by atoms with Crippen LogP contribution >= 0.6 is 21.6 Å². The molecule has 2 aromatic heterocycles. The molecular weight excluding hydrogens is 1140 g/mol. The average Bonchev–Trinajstić information content (AvgIpc) is 1.53. The summed E-state index contributed by atoms with van der Waals surface area (Å²) in [5.74, 6) is 10.1. The number of aromatic amines is 1.